The third kappa shape index (κ3) is 5.55. The summed E-state index contributed by atoms with van der Waals surface area (Å²) in [5, 5.41) is 9.10. The lowest BCUT2D eigenvalue weighted by atomic mass is 10.0. The van der Waals surface area contributed by atoms with Crippen LogP contribution in [0.3, 0.4) is 0 Å². The van der Waals surface area contributed by atoms with Crippen molar-refractivity contribution in [2.75, 3.05) is 37.6 Å². The van der Waals surface area contributed by atoms with E-state index in [4.69, 9.17) is 5.26 Å². The number of likely N-dealkylation sites (tertiary alicyclic amines) is 1. The fraction of sp³-hybridized carbons (Fsp3) is 0.414. The minimum atomic E-state index is -2.70. The molecule has 0 radical (unpaired) electrons. The molecule has 3 aromatic rings. The molecule has 2 aliphatic heterocycles. The predicted octanol–water partition coefficient (Wildman–Crippen LogP) is 4.31. The van der Waals surface area contributed by atoms with Crippen molar-refractivity contribution in [2.24, 2.45) is 0 Å². The molecule has 0 saturated carbocycles. The number of piperazine rings is 1. The number of amides is 1. The highest BCUT2D eigenvalue weighted by molar-refractivity contribution is 5.86. The first kappa shape index (κ1) is 25.9. The van der Waals surface area contributed by atoms with Gasteiger partial charge in [0.15, 0.2) is 0 Å². The van der Waals surface area contributed by atoms with E-state index in [1.165, 1.54) is 0 Å². The molecule has 0 aliphatic carbocycles. The molecule has 1 unspecified atom stereocenters. The maximum absolute atomic E-state index is 13.8. The van der Waals surface area contributed by atoms with Crippen LogP contribution in [0.5, 0.6) is 0 Å². The summed E-state index contributed by atoms with van der Waals surface area (Å²) in [5.74, 6) is -2.79. The standard InChI is InChI=1S/C29H32F2N6O/c1-22(24-9-7-23(17-32)8-10-24)37-21-33-18-26(37)19-34-15-16-36(25-5-3-2-4-6-25)27(20-34)28(38)35-13-11-29(30,31)12-14-35/h2-10,18,21-22,27H,11-16,19-20H2,1H3/t22-,27?/m1/s1. The molecule has 2 saturated heterocycles. The van der Waals surface area contributed by atoms with Gasteiger partial charge in [-0.25, -0.2) is 13.8 Å². The van der Waals surface area contributed by atoms with E-state index < -0.39 is 12.0 Å². The van der Waals surface area contributed by atoms with Crippen molar-refractivity contribution in [3.8, 4) is 6.07 Å². The summed E-state index contributed by atoms with van der Waals surface area (Å²) in [6, 6.07) is 19.1. The lowest BCUT2D eigenvalue weighted by Crippen LogP contribution is -2.60. The van der Waals surface area contributed by atoms with Gasteiger partial charge in [0.25, 0.3) is 5.92 Å². The molecule has 1 amide bonds. The third-order valence-electron chi connectivity index (χ3n) is 7.72. The number of piperidine rings is 1. The van der Waals surface area contributed by atoms with E-state index in [1.807, 2.05) is 67.1 Å². The number of para-hydroxylation sites is 1. The summed E-state index contributed by atoms with van der Waals surface area (Å²) >= 11 is 0. The van der Waals surface area contributed by atoms with Crippen LogP contribution in [-0.4, -0.2) is 69.9 Å². The second-order valence-corrected chi connectivity index (χ2v) is 10.2. The zero-order valence-corrected chi connectivity index (χ0v) is 21.5. The Labute approximate surface area is 221 Å². The minimum absolute atomic E-state index is 0.0262. The van der Waals surface area contributed by atoms with Crippen LogP contribution in [0.4, 0.5) is 14.5 Å². The average Bonchev–Trinajstić information content (AvgIpc) is 3.41. The number of aromatic nitrogens is 2. The summed E-state index contributed by atoms with van der Waals surface area (Å²) < 4.78 is 29.7. The van der Waals surface area contributed by atoms with Gasteiger partial charge in [-0.3, -0.25) is 9.69 Å². The number of benzene rings is 2. The van der Waals surface area contributed by atoms with Gasteiger partial charge < -0.3 is 14.4 Å². The van der Waals surface area contributed by atoms with Gasteiger partial charge in [-0.1, -0.05) is 30.3 Å². The highest BCUT2D eigenvalue weighted by atomic mass is 19.3. The fourth-order valence-electron chi connectivity index (χ4n) is 5.42. The van der Waals surface area contributed by atoms with E-state index >= 15 is 0 Å². The second kappa shape index (κ2) is 10.9. The number of imidazole rings is 1. The summed E-state index contributed by atoms with van der Waals surface area (Å²) in [7, 11) is 0. The Morgan fingerprint density at radius 1 is 1.08 bits per heavy atom. The van der Waals surface area contributed by atoms with Crippen molar-refractivity contribution in [3.05, 3.63) is 83.9 Å². The molecule has 38 heavy (non-hydrogen) atoms. The van der Waals surface area contributed by atoms with Crippen LogP contribution < -0.4 is 4.90 Å². The number of nitrogens with zero attached hydrogens (tertiary/aromatic N) is 6. The van der Waals surface area contributed by atoms with Crippen LogP contribution in [0.15, 0.2) is 67.1 Å². The lowest BCUT2D eigenvalue weighted by molar-refractivity contribution is -0.139. The Hall–Kier alpha value is -3.77. The van der Waals surface area contributed by atoms with Crippen LogP contribution in [0.25, 0.3) is 0 Å². The lowest BCUT2D eigenvalue weighted by Gasteiger charge is -2.44. The average molecular weight is 519 g/mol. The molecule has 0 bridgehead atoms. The smallest absolute Gasteiger partial charge is 0.251 e. The fourth-order valence-corrected chi connectivity index (χ4v) is 5.42. The number of rotatable bonds is 6. The van der Waals surface area contributed by atoms with E-state index in [2.05, 4.69) is 32.3 Å². The maximum atomic E-state index is 13.8. The van der Waals surface area contributed by atoms with Crippen LogP contribution in [0.2, 0.25) is 0 Å². The quantitative estimate of drug-likeness (QED) is 0.487. The molecule has 2 atom stereocenters. The van der Waals surface area contributed by atoms with E-state index in [0.29, 0.717) is 25.2 Å². The summed E-state index contributed by atoms with van der Waals surface area (Å²) in [6.07, 6.45) is 3.10. The Balaban J connectivity index is 1.33. The minimum Gasteiger partial charge on any atom is -0.357 e. The molecule has 1 aromatic heterocycles. The van der Waals surface area contributed by atoms with Crippen molar-refractivity contribution in [1.82, 2.24) is 19.4 Å². The first-order chi connectivity index (χ1) is 18.3. The number of alkyl halides is 2. The van der Waals surface area contributed by atoms with Gasteiger partial charge in [0, 0.05) is 64.0 Å². The van der Waals surface area contributed by atoms with Crippen LogP contribution in [0.1, 0.15) is 42.6 Å². The monoisotopic (exact) mass is 518 g/mol. The molecule has 7 nitrogen and oxygen atoms in total. The molecule has 2 fully saturated rings. The topological polar surface area (TPSA) is 68.4 Å². The normalized spacial score (nSPS) is 20.6. The van der Waals surface area contributed by atoms with Gasteiger partial charge in [-0.2, -0.15) is 5.26 Å². The molecule has 3 heterocycles. The Bertz CT molecular complexity index is 1280. The predicted molar refractivity (Wildman–Crippen MR) is 141 cm³/mol. The van der Waals surface area contributed by atoms with Gasteiger partial charge in [0.1, 0.15) is 6.04 Å². The molecule has 2 aliphatic rings. The first-order valence-electron chi connectivity index (χ1n) is 13.1. The molecular formula is C29H32F2N6O. The maximum Gasteiger partial charge on any atom is 0.251 e. The van der Waals surface area contributed by atoms with Gasteiger partial charge in [-0.05, 0) is 36.8 Å². The summed E-state index contributed by atoms with van der Waals surface area (Å²) in [4.78, 5) is 24.1. The number of halogens is 2. The Morgan fingerprint density at radius 2 is 1.79 bits per heavy atom. The van der Waals surface area contributed by atoms with Gasteiger partial charge in [-0.15, -0.1) is 0 Å². The highest BCUT2D eigenvalue weighted by Crippen LogP contribution is 2.30. The van der Waals surface area contributed by atoms with Gasteiger partial charge >= 0.3 is 0 Å². The number of hydrogen-bond donors (Lipinski definition) is 0. The van der Waals surface area contributed by atoms with E-state index in [1.54, 1.807) is 4.90 Å². The van der Waals surface area contributed by atoms with Crippen LogP contribution >= 0.6 is 0 Å². The van der Waals surface area contributed by atoms with Crippen molar-refractivity contribution in [1.29, 1.82) is 5.26 Å². The van der Waals surface area contributed by atoms with Crippen LogP contribution in [0, 0.1) is 11.3 Å². The molecule has 0 N–H and O–H groups in total. The van der Waals surface area contributed by atoms with E-state index in [-0.39, 0.29) is 37.9 Å². The zero-order valence-electron chi connectivity index (χ0n) is 21.5. The second-order valence-electron chi connectivity index (χ2n) is 10.2. The molecule has 9 heteroatoms. The van der Waals surface area contributed by atoms with Crippen molar-refractivity contribution >= 4 is 11.6 Å². The van der Waals surface area contributed by atoms with Crippen molar-refractivity contribution in [2.45, 2.75) is 44.3 Å². The van der Waals surface area contributed by atoms with Gasteiger partial charge in [0.05, 0.1) is 29.7 Å². The third-order valence-corrected chi connectivity index (χ3v) is 7.72. The van der Waals surface area contributed by atoms with Crippen LogP contribution in [-0.2, 0) is 11.3 Å². The largest absolute Gasteiger partial charge is 0.357 e. The Morgan fingerprint density at radius 3 is 2.47 bits per heavy atom. The Kier molecular flexibility index (Phi) is 7.43. The number of carbonyl (C=O) groups is 1. The molecule has 5 rings (SSSR count). The number of anilines is 1. The zero-order chi connectivity index (χ0) is 26.7. The van der Waals surface area contributed by atoms with E-state index in [9.17, 15) is 13.6 Å². The first-order valence-corrected chi connectivity index (χ1v) is 13.1. The number of hydrogen-bond acceptors (Lipinski definition) is 5. The summed E-state index contributed by atoms with van der Waals surface area (Å²) in [5.41, 5.74) is 3.69. The van der Waals surface area contributed by atoms with E-state index in [0.717, 1.165) is 23.5 Å². The number of nitriles is 1. The molecule has 198 valence electrons. The SMILES string of the molecule is C[C@H](c1ccc(C#N)cc1)n1cncc1CN1CCN(c2ccccc2)C(C(=O)N2CCC(F)(F)CC2)C1. The van der Waals surface area contributed by atoms with Crippen molar-refractivity contribution in [3.63, 3.8) is 0 Å². The highest BCUT2D eigenvalue weighted by Gasteiger charge is 2.40. The van der Waals surface area contributed by atoms with Gasteiger partial charge in [0.2, 0.25) is 5.91 Å². The molecule has 2 aromatic carbocycles. The van der Waals surface area contributed by atoms with Crippen molar-refractivity contribution < 1.29 is 13.6 Å². The molecular weight excluding hydrogens is 486 g/mol. The summed E-state index contributed by atoms with van der Waals surface area (Å²) in [6.45, 7) is 4.79. The molecule has 0 spiro atoms. The number of carbonyl (C=O) groups excluding carboxylic acids is 1.